The smallest absolute Gasteiger partial charge is 0.194 e. The van der Waals surface area contributed by atoms with E-state index in [1.165, 1.54) is 24.8 Å². The van der Waals surface area contributed by atoms with E-state index in [1.54, 1.807) is 0 Å². The van der Waals surface area contributed by atoms with E-state index in [1.807, 2.05) is 6.20 Å². The van der Waals surface area contributed by atoms with E-state index >= 15 is 0 Å². The van der Waals surface area contributed by atoms with Gasteiger partial charge >= 0.3 is 0 Å². The number of nitrogens with zero attached hydrogens (tertiary/aromatic N) is 4. The van der Waals surface area contributed by atoms with Gasteiger partial charge in [-0.15, -0.1) is 24.0 Å². The molecule has 0 amide bonds. The molecule has 31 heavy (non-hydrogen) atoms. The first-order valence-corrected chi connectivity index (χ1v) is 11.4. The van der Waals surface area contributed by atoms with Crippen LogP contribution in [0, 0.1) is 5.92 Å². The summed E-state index contributed by atoms with van der Waals surface area (Å²) in [4.78, 5) is 11.7. The van der Waals surface area contributed by atoms with Crippen LogP contribution in [-0.4, -0.2) is 53.8 Å². The minimum atomic E-state index is 0. The zero-order valence-corrected chi connectivity index (χ0v) is 21.3. The van der Waals surface area contributed by atoms with Gasteiger partial charge in [-0.05, 0) is 50.5 Å². The van der Waals surface area contributed by atoms with E-state index in [0.717, 1.165) is 63.4 Å². The van der Waals surface area contributed by atoms with Gasteiger partial charge in [-0.2, -0.15) is 0 Å². The second-order valence-electron chi connectivity index (χ2n) is 8.06. The molecule has 1 aliphatic rings. The molecule has 3 rings (SSSR count). The third-order valence-electron chi connectivity index (χ3n) is 5.79. The summed E-state index contributed by atoms with van der Waals surface area (Å²) in [6.07, 6.45) is 9.69. The summed E-state index contributed by atoms with van der Waals surface area (Å²) in [6, 6.07) is 10.7. The van der Waals surface area contributed by atoms with Crippen LogP contribution in [0.4, 0.5) is 0 Å². The van der Waals surface area contributed by atoms with Gasteiger partial charge in [-0.3, -0.25) is 0 Å². The van der Waals surface area contributed by atoms with Gasteiger partial charge in [0.2, 0.25) is 0 Å². The van der Waals surface area contributed by atoms with Crippen LogP contribution in [0.5, 0.6) is 0 Å². The number of aryl methyl sites for hydroxylation is 2. The molecule has 1 saturated heterocycles. The molecule has 6 nitrogen and oxygen atoms in total. The molecule has 0 bridgehead atoms. The van der Waals surface area contributed by atoms with Gasteiger partial charge in [0.25, 0.3) is 0 Å². The second-order valence-corrected chi connectivity index (χ2v) is 8.06. The predicted molar refractivity (Wildman–Crippen MR) is 138 cm³/mol. The maximum Gasteiger partial charge on any atom is 0.194 e. The summed E-state index contributed by atoms with van der Waals surface area (Å²) in [6.45, 7) is 7.39. The molecule has 2 heterocycles. The zero-order valence-electron chi connectivity index (χ0n) is 19.0. The van der Waals surface area contributed by atoms with Crippen LogP contribution < -0.4 is 5.32 Å². The van der Waals surface area contributed by atoms with Crippen molar-refractivity contribution in [1.29, 1.82) is 0 Å². The largest absolute Gasteiger partial charge is 0.381 e. The van der Waals surface area contributed by atoms with Crippen molar-refractivity contribution < 1.29 is 4.74 Å². The summed E-state index contributed by atoms with van der Waals surface area (Å²) in [5, 5.41) is 3.43. The average molecular weight is 540 g/mol. The number of aromatic nitrogens is 2. The van der Waals surface area contributed by atoms with Gasteiger partial charge in [0.05, 0.1) is 0 Å². The maximum absolute atomic E-state index is 5.48. The summed E-state index contributed by atoms with van der Waals surface area (Å²) in [5.41, 5.74) is 1.39. The number of aliphatic imine (C=N–C) groups is 1. The fourth-order valence-electron chi connectivity index (χ4n) is 3.93. The molecule has 172 valence electrons. The summed E-state index contributed by atoms with van der Waals surface area (Å²) >= 11 is 0. The molecule has 0 radical (unpaired) electrons. The Morgan fingerprint density at radius 1 is 1.26 bits per heavy atom. The Hall–Kier alpha value is -1.61. The lowest BCUT2D eigenvalue weighted by Crippen LogP contribution is -2.40. The molecule has 1 aliphatic heterocycles. The van der Waals surface area contributed by atoms with Crippen molar-refractivity contribution >= 4 is 29.9 Å². The molecular weight excluding hydrogens is 501 g/mol. The molecule has 1 fully saturated rings. The lowest BCUT2D eigenvalue weighted by atomic mass is 9.96. The molecule has 2 aromatic rings. The highest BCUT2D eigenvalue weighted by Gasteiger charge is 2.15. The number of imidazole rings is 1. The highest BCUT2D eigenvalue weighted by Crippen LogP contribution is 2.18. The van der Waals surface area contributed by atoms with E-state index in [2.05, 4.69) is 70.3 Å². The van der Waals surface area contributed by atoms with Crippen molar-refractivity contribution in [1.82, 2.24) is 19.8 Å². The van der Waals surface area contributed by atoms with Crippen molar-refractivity contribution in [3.05, 3.63) is 54.1 Å². The van der Waals surface area contributed by atoms with E-state index in [0.29, 0.717) is 6.54 Å². The van der Waals surface area contributed by atoms with Crippen molar-refractivity contribution in [3.63, 3.8) is 0 Å². The van der Waals surface area contributed by atoms with Gasteiger partial charge in [-0.25, -0.2) is 9.98 Å². The average Bonchev–Trinajstić information content (AvgIpc) is 3.23. The van der Waals surface area contributed by atoms with Crippen molar-refractivity contribution in [2.75, 3.05) is 33.4 Å². The molecule has 0 unspecified atom stereocenters. The van der Waals surface area contributed by atoms with Crippen molar-refractivity contribution in [2.24, 2.45) is 10.9 Å². The molecule has 1 N–H and O–H groups in total. The lowest BCUT2D eigenvalue weighted by Gasteiger charge is -2.26. The number of rotatable bonds is 10. The standard InChI is InChI=1S/C24H37N5O.HI/c1-3-25-24(28(2)16-11-22-12-18-30-19-13-22)27-20-23-26-14-17-29(23)15-7-10-21-8-5-4-6-9-21;/h4-6,8-9,14,17,22H,3,7,10-13,15-16,18-20H2,1-2H3,(H,25,27);1H. The van der Waals surface area contributed by atoms with E-state index < -0.39 is 0 Å². The monoisotopic (exact) mass is 539 g/mol. The predicted octanol–water partition coefficient (Wildman–Crippen LogP) is 4.35. The van der Waals surface area contributed by atoms with Crippen LogP contribution in [0.3, 0.4) is 0 Å². The molecule has 0 atom stereocenters. The van der Waals surface area contributed by atoms with E-state index in [9.17, 15) is 0 Å². The SMILES string of the molecule is CCNC(=NCc1nccn1CCCc1ccccc1)N(C)CCC1CCOCC1.I. The number of benzene rings is 1. The van der Waals surface area contributed by atoms with Gasteiger partial charge in [-0.1, -0.05) is 30.3 Å². The molecular formula is C24H38IN5O. The second kappa shape index (κ2) is 14.5. The molecule has 1 aromatic carbocycles. The Morgan fingerprint density at radius 3 is 2.77 bits per heavy atom. The molecule has 0 aliphatic carbocycles. The zero-order chi connectivity index (χ0) is 21.0. The number of nitrogens with one attached hydrogen (secondary N) is 1. The van der Waals surface area contributed by atoms with Gasteiger partial charge in [0.1, 0.15) is 12.4 Å². The quantitative estimate of drug-likeness (QED) is 0.277. The number of halogens is 1. The van der Waals surface area contributed by atoms with Crippen LogP contribution in [0.1, 0.15) is 44.0 Å². The first kappa shape index (κ1) is 25.6. The normalized spacial score (nSPS) is 14.8. The van der Waals surface area contributed by atoms with Crippen LogP contribution in [0.25, 0.3) is 0 Å². The molecule has 0 saturated carbocycles. The summed E-state index contributed by atoms with van der Waals surface area (Å²) in [5.74, 6) is 2.76. The highest BCUT2D eigenvalue weighted by atomic mass is 127. The molecule has 1 aromatic heterocycles. The fraction of sp³-hybridized carbons (Fsp3) is 0.583. The fourth-order valence-corrected chi connectivity index (χ4v) is 3.93. The molecule has 0 spiro atoms. The topological polar surface area (TPSA) is 54.7 Å². The highest BCUT2D eigenvalue weighted by molar-refractivity contribution is 14.0. The Kier molecular flexibility index (Phi) is 12.0. The van der Waals surface area contributed by atoms with Gasteiger partial charge in [0, 0.05) is 52.3 Å². The summed E-state index contributed by atoms with van der Waals surface area (Å²) in [7, 11) is 2.13. The van der Waals surface area contributed by atoms with Crippen LogP contribution in [0.15, 0.2) is 47.7 Å². The number of ether oxygens (including phenoxy) is 1. The Bertz CT molecular complexity index is 758. The number of hydrogen-bond donors (Lipinski definition) is 1. The minimum absolute atomic E-state index is 0. The lowest BCUT2D eigenvalue weighted by molar-refractivity contribution is 0.0625. The number of guanidine groups is 1. The van der Waals surface area contributed by atoms with Gasteiger partial charge in [0.15, 0.2) is 5.96 Å². The third-order valence-corrected chi connectivity index (χ3v) is 5.79. The Balaban J connectivity index is 0.00000341. The molecule has 7 heteroatoms. The first-order chi connectivity index (χ1) is 14.8. The Morgan fingerprint density at radius 2 is 2.03 bits per heavy atom. The van der Waals surface area contributed by atoms with Gasteiger partial charge < -0.3 is 19.5 Å². The van der Waals surface area contributed by atoms with Crippen molar-refractivity contribution in [2.45, 2.75) is 52.1 Å². The maximum atomic E-state index is 5.48. The van der Waals surface area contributed by atoms with Crippen LogP contribution >= 0.6 is 24.0 Å². The third kappa shape index (κ3) is 8.80. The Labute approximate surface area is 204 Å². The minimum Gasteiger partial charge on any atom is -0.381 e. The van der Waals surface area contributed by atoms with Crippen LogP contribution in [0.2, 0.25) is 0 Å². The number of hydrogen-bond acceptors (Lipinski definition) is 3. The van der Waals surface area contributed by atoms with E-state index in [4.69, 9.17) is 9.73 Å². The van der Waals surface area contributed by atoms with Crippen LogP contribution in [-0.2, 0) is 24.2 Å². The summed E-state index contributed by atoms with van der Waals surface area (Å²) < 4.78 is 7.71. The van der Waals surface area contributed by atoms with Crippen molar-refractivity contribution in [3.8, 4) is 0 Å². The van der Waals surface area contributed by atoms with E-state index in [-0.39, 0.29) is 24.0 Å². The first-order valence-electron chi connectivity index (χ1n) is 11.4.